The number of benzene rings is 1. The van der Waals surface area contributed by atoms with Gasteiger partial charge in [0.1, 0.15) is 7.05 Å². The van der Waals surface area contributed by atoms with Crippen LogP contribution < -0.4 is 4.57 Å². The van der Waals surface area contributed by atoms with Crippen molar-refractivity contribution < 1.29 is 10.1 Å². The molecule has 0 amide bonds. The van der Waals surface area contributed by atoms with Gasteiger partial charge >= 0.3 is 0 Å². The molecule has 110 valence electrons. The molecule has 0 unspecified atom stereocenters. The van der Waals surface area contributed by atoms with E-state index in [9.17, 15) is 0 Å². The van der Waals surface area contributed by atoms with Crippen LogP contribution in [0.25, 0.3) is 11.3 Å². The molecule has 0 radical (unpaired) electrons. The van der Waals surface area contributed by atoms with Crippen molar-refractivity contribution in [3.05, 3.63) is 52.7 Å². The SMILES string of the molecule is [2H]C1([2H])CC([2H])([2H])c2cc(-c3ccc(C(C)(C)C)c[n+]3C)c(C)cc21. The van der Waals surface area contributed by atoms with Crippen LogP contribution in [-0.4, -0.2) is 0 Å². The molecular weight excluding hydrogens is 254 g/mol. The highest BCUT2D eigenvalue weighted by Gasteiger charge is 2.21. The number of hydrogen-bond donors (Lipinski definition) is 0. The fourth-order valence-corrected chi connectivity index (χ4v) is 2.84. The van der Waals surface area contributed by atoms with Crippen LogP contribution in [0.15, 0.2) is 30.5 Å². The summed E-state index contributed by atoms with van der Waals surface area (Å²) in [6.07, 6.45) is -1.24. The zero-order valence-electron chi connectivity index (χ0n) is 17.5. The van der Waals surface area contributed by atoms with E-state index in [1.54, 1.807) is 0 Å². The minimum atomic E-state index is -1.63. The molecule has 1 aliphatic rings. The molecule has 1 heteroatoms. The van der Waals surface area contributed by atoms with Crippen molar-refractivity contribution in [3.63, 3.8) is 0 Å². The maximum Gasteiger partial charge on any atom is 0.212 e. The van der Waals surface area contributed by atoms with E-state index in [1.165, 1.54) is 5.56 Å². The summed E-state index contributed by atoms with van der Waals surface area (Å²) in [4.78, 5) is 0. The summed E-state index contributed by atoms with van der Waals surface area (Å²) >= 11 is 0. The van der Waals surface area contributed by atoms with Gasteiger partial charge in [0.05, 0.1) is 0 Å². The number of fused-ring (bicyclic) bond motifs is 1. The summed E-state index contributed by atoms with van der Waals surface area (Å²) in [5, 5.41) is 0. The molecule has 1 heterocycles. The maximum absolute atomic E-state index is 8.24. The van der Waals surface area contributed by atoms with Crippen molar-refractivity contribution in [3.8, 4) is 11.3 Å². The zero-order valence-corrected chi connectivity index (χ0v) is 13.5. The van der Waals surface area contributed by atoms with Crippen molar-refractivity contribution >= 4 is 0 Å². The molecule has 1 aliphatic carbocycles. The molecular formula is C20H26N+. The van der Waals surface area contributed by atoms with E-state index in [0.717, 1.165) is 16.8 Å². The molecule has 0 atom stereocenters. The average molecular weight is 284 g/mol. The van der Waals surface area contributed by atoms with Gasteiger partial charge in [0.25, 0.3) is 0 Å². The van der Waals surface area contributed by atoms with Gasteiger partial charge in [-0.3, -0.25) is 0 Å². The van der Waals surface area contributed by atoms with Crippen LogP contribution in [0, 0.1) is 6.92 Å². The van der Waals surface area contributed by atoms with Crippen LogP contribution in [0.2, 0.25) is 0 Å². The third kappa shape index (κ3) is 2.62. The first-order chi connectivity index (χ1) is 11.3. The molecule has 3 rings (SSSR count). The molecule has 1 aromatic carbocycles. The van der Waals surface area contributed by atoms with E-state index in [-0.39, 0.29) is 11.8 Å². The number of rotatable bonds is 1. The predicted octanol–water partition coefficient (Wildman–Crippen LogP) is 4.27. The lowest BCUT2D eigenvalue weighted by Gasteiger charge is -2.17. The molecule has 0 saturated carbocycles. The average Bonchev–Trinajstić information content (AvgIpc) is 2.62. The highest BCUT2D eigenvalue weighted by Crippen LogP contribution is 2.30. The van der Waals surface area contributed by atoms with E-state index in [4.69, 9.17) is 5.48 Å². The van der Waals surface area contributed by atoms with Crippen LogP contribution in [0.5, 0.6) is 0 Å². The molecule has 0 saturated heterocycles. The van der Waals surface area contributed by atoms with E-state index in [2.05, 4.69) is 43.7 Å². The summed E-state index contributed by atoms with van der Waals surface area (Å²) in [6.45, 7) is 8.51. The Kier molecular flexibility index (Phi) is 2.41. The first kappa shape index (κ1) is 10.2. The minimum absolute atomic E-state index is 0.0663. The lowest BCUT2D eigenvalue weighted by atomic mass is 9.87. The van der Waals surface area contributed by atoms with Crippen LogP contribution in [0.4, 0.5) is 0 Å². The minimum Gasteiger partial charge on any atom is -0.201 e. The van der Waals surface area contributed by atoms with Gasteiger partial charge in [-0.15, -0.1) is 0 Å². The molecule has 21 heavy (non-hydrogen) atoms. The van der Waals surface area contributed by atoms with Crippen LogP contribution >= 0.6 is 0 Å². The second kappa shape index (κ2) is 4.98. The standard InChI is InChI=1S/C20H26N/c1-14-11-15-7-6-8-16(15)12-18(14)19-10-9-17(13-21(19)5)20(2,3)4/h9-13H,6-8H2,1-5H3/q+1/i7D2,8D2. The van der Waals surface area contributed by atoms with E-state index in [0.29, 0.717) is 11.1 Å². The fourth-order valence-electron chi connectivity index (χ4n) is 2.84. The summed E-state index contributed by atoms with van der Waals surface area (Å²) in [7, 11) is 2.01. The molecule has 1 aromatic heterocycles. The van der Waals surface area contributed by atoms with Crippen molar-refractivity contribution in [2.45, 2.75) is 52.3 Å². The Bertz CT molecular complexity index is 848. The van der Waals surface area contributed by atoms with Crippen molar-refractivity contribution in [2.24, 2.45) is 7.05 Å². The van der Waals surface area contributed by atoms with Crippen molar-refractivity contribution in [1.29, 1.82) is 0 Å². The highest BCUT2D eigenvalue weighted by atomic mass is 14.9. The molecule has 0 spiro atoms. The molecule has 0 aliphatic heterocycles. The smallest absolute Gasteiger partial charge is 0.201 e. The molecule has 0 bridgehead atoms. The molecule has 1 nitrogen and oxygen atoms in total. The highest BCUT2D eigenvalue weighted by molar-refractivity contribution is 5.64. The zero-order chi connectivity index (χ0) is 18.8. The van der Waals surface area contributed by atoms with Crippen molar-refractivity contribution in [1.82, 2.24) is 0 Å². The van der Waals surface area contributed by atoms with Crippen molar-refractivity contribution in [2.75, 3.05) is 0 Å². The Morgan fingerprint density at radius 2 is 1.76 bits per heavy atom. The molecule has 2 aromatic rings. The Morgan fingerprint density at radius 3 is 2.38 bits per heavy atom. The fraction of sp³-hybridized carbons (Fsp3) is 0.450. The first-order valence-electron chi connectivity index (χ1n) is 9.49. The Morgan fingerprint density at radius 1 is 1.10 bits per heavy atom. The van der Waals surface area contributed by atoms with E-state index < -0.39 is 12.7 Å². The van der Waals surface area contributed by atoms with Gasteiger partial charge in [-0.1, -0.05) is 26.8 Å². The van der Waals surface area contributed by atoms with Gasteiger partial charge in [-0.25, -0.2) is 4.57 Å². The van der Waals surface area contributed by atoms with Gasteiger partial charge in [0.15, 0.2) is 6.20 Å². The van der Waals surface area contributed by atoms with Gasteiger partial charge in [-0.2, -0.15) is 0 Å². The summed E-state index contributed by atoms with van der Waals surface area (Å²) < 4.78 is 34.9. The second-order valence-electron chi connectivity index (χ2n) is 6.91. The number of pyridine rings is 1. The van der Waals surface area contributed by atoms with Crippen LogP contribution in [-0.2, 0) is 25.2 Å². The quantitative estimate of drug-likeness (QED) is 0.688. The summed E-state index contributed by atoms with van der Waals surface area (Å²) in [5.74, 6) is 0. The number of nitrogens with zero attached hydrogens (tertiary/aromatic N) is 1. The normalized spacial score (nSPS) is 22.0. The van der Waals surface area contributed by atoms with Crippen LogP contribution in [0.1, 0.15) is 54.9 Å². The number of aromatic nitrogens is 1. The topological polar surface area (TPSA) is 3.88 Å². The van der Waals surface area contributed by atoms with Gasteiger partial charge in [0, 0.05) is 22.7 Å². The Labute approximate surface area is 134 Å². The Hall–Kier alpha value is -1.63. The summed E-state index contributed by atoms with van der Waals surface area (Å²) in [5.41, 5.74) is 5.23. The maximum atomic E-state index is 8.24. The lowest BCUT2D eigenvalue weighted by molar-refractivity contribution is -0.661. The number of hydrogen-bond acceptors (Lipinski definition) is 0. The second-order valence-corrected chi connectivity index (χ2v) is 6.91. The van der Waals surface area contributed by atoms with E-state index >= 15 is 0 Å². The lowest BCUT2D eigenvalue weighted by Crippen LogP contribution is -2.33. The number of aryl methyl sites for hydroxylation is 4. The largest absolute Gasteiger partial charge is 0.212 e. The first-order valence-corrected chi connectivity index (χ1v) is 7.49. The van der Waals surface area contributed by atoms with Crippen LogP contribution in [0.3, 0.4) is 0 Å². The Balaban J connectivity index is 2.18. The van der Waals surface area contributed by atoms with Gasteiger partial charge in [0.2, 0.25) is 5.69 Å². The van der Waals surface area contributed by atoms with E-state index in [1.807, 2.05) is 26.1 Å². The van der Waals surface area contributed by atoms with Gasteiger partial charge < -0.3 is 0 Å². The third-order valence-corrected chi connectivity index (χ3v) is 4.20. The monoisotopic (exact) mass is 284 g/mol. The van der Waals surface area contributed by atoms with Gasteiger partial charge in [-0.05, 0) is 60.3 Å². The summed E-state index contributed by atoms with van der Waals surface area (Å²) in [6, 6.07) is 7.87. The predicted molar refractivity (Wildman–Crippen MR) is 88.5 cm³/mol. The molecule has 0 fully saturated rings. The molecule has 0 N–H and O–H groups in total. The third-order valence-electron chi connectivity index (χ3n) is 4.20.